The summed E-state index contributed by atoms with van der Waals surface area (Å²) in [5.74, 6) is 1.74. The Labute approximate surface area is 102 Å². The molecule has 0 radical (unpaired) electrons. The quantitative estimate of drug-likeness (QED) is 0.853. The summed E-state index contributed by atoms with van der Waals surface area (Å²) in [6, 6.07) is 0. The number of aromatic nitrogens is 1. The second-order valence-electron chi connectivity index (χ2n) is 4.82. The molecule has 1 saturated carbocycles. The number of nitrogens with zero attached hydrogens (tertiary/aromatic N) is 1. The molecule has 2 unspecified atom stereocenters. The highest BCUT2D eigenvalue weighted by Gasteiger charge is 2.27. The molecule has 2 nitrogen and oxygen atoms in total. The maximum absolute atomic E-state index is 4.59. The van der Waals surface area contributed by atoms with Crippen LogP contribution in [-0.4, -0.2) is 18.1 Å². The van der Waals surface area contributed by atoms with Gasteiger partial charge in [0.2, 0.25) is 0 Å². The highest BCUT2D eigenvalue weighted by Crippen LogP contribution is 2.33. The van der Waals surface area contributed by atoms with Crippen LogP contribution in [0.3, 0.4) is 0 Å². The van der Waals surface area contributed by atoms with E-state index in [0.717, 1.165) is 18.4 Å². The fraction of sp³-hybridized carbons (Fsp3) is 0.769. The minimum atomic E-state index is 0.862. The van der Waals surface area contributed by atoms with Crippen molar-refractivity contribution in [3.05, 3.63) is 16.1 Å². The molecule has 1 N–H and O–H groups in total. The average Bonchev–Trinajstić information content (AvgIpc) is 2.86. The van der Waals surface area contributed by atoms with Gasteiger partial charge in [0.05, 0.1) is 10.7 Å². The van der Waals surface area contributed by atoms with Gasteiger partial charge in [0, 0.05) is 5.38 Å². The van der Waals surface area contributed by atoms with Gasteiger partial charge in [-0.1, -0.05) is 13.3 Å². The minimum Gasteiger partial charge on any atom is -0.317 e. The molecule has 90 valence electrons. The van der Waals surface area contributed by atoms with E-state index in [9.17, 15) is 0 Å². The van der Waals surface area contributed by atoms with Crippen molar-refractivity contribution in [2.45, 2.75) is 39.5 Å². The van der Waals surface area contributed by atoms with Gasteiger partial charge in [0.25, 0.3) is 0 Å². The number of thiazole rings is 1. The van der Waals surface area contributed by atoms with Crippen molar-refractivity contribution < 1.29 is 0 Å². The average molecular weight is 238 g/mol. The third-order valence-corrected chi connectivity index (χ3v) is 4.43. The standard InChI is InChI=1S/C13H22N2S/c1-3-14-8-12-6-4-5-11(12)7-13-9-16-10(2)15-13/h9,11-12,14H,3-8H2,1-2H3. The van der Waals surface area contributed by atoms with E-state index in [1.54, 1.807) is 11.3 Å². The molecule has 3 heteroatoms. The Morgan fingerprint density at radius 3 is 2.94 bits per heavy atom. The predicted octanol–water partition coefficient (Wildman–Crippen LogP) is 3.02. The molecule has 1 heterocycles. The van der Waals surface area contributed by atoms with Crippen molar-refractivity contribution in [3.8, 4) is 0 Å². The van der Waals surface area contributed by atoms with E-state index in [4.69, 9.17) is 0 Å². The van der Waals surface area contributed by atoms with E-state index < -0.39 is 0 Å². The highest BCUT2D eigenvalue weighted by atomic mass is 32.1. The smallest absolute Gasteiger partial charge is 0.0897 e. The first-order valence-corrected chi connectivity index (χ1v) is 7.29. The summed E-state index contributed by atoms with van der Waals surface area (Å²) >= 11 is 1.78. The van der Waals surface area contributed by atoms with Gasteiger partial charge >= 0.3 is 0 Å². The number of hydrogen-bond donors (Lipinski definition) is 1. The van der Waals surface area contributed by atoms with Crippen molar-refractivity contribution >= 4 is 11.3 Å². The van der Waals surface area contributed by atoms with E-state index in [0.29, 0.717) is 0 Å². The molecule has 1 aliphatic rings. The topological polar surface area (TPSA) is 24.9 Å². The van der Waals surface area contributed by atoms with Gasteiger partial charge in [0.1, 0.15) is 0 Å². The van der Waals surface area contributed by atoms with Gasteiger partial charge in [-0.05, 0) is 51.1 Å². The van der Waals surface area contributed by atoms with Gasteiger partial charge in [-0.25, -0.2) is 4.98 Å². The normalized spacial score (nSPS) is 25.1. The summed E-state index contributed by atoms with van der Waals surface area (Å²) in [6.45, 7) is 6.58. The maximum atomic E-state index is 4.59. The second kappa shape index (κ2) is 5.78. The first-order valence-electron chi connectivity index (χ1n) is 6.41. The molecular formula is C13H22N2S. The Kier molecular flexibility index (Phi) is 4.36. The molecule has 16 heavy (non-hydrogen) atoms. The van der Waals surface area contributed by atoms with Crippen LogP contribution in [0.1, 0.15) is 36.9 Å². The number of rotatable bonds is 5. The Hall–Kier alpha value is -0.410. The first kappa shape index (κ1) is 12.1. The summed E-state index contributed by atoms with van der Waals surface area (Å²) in [5.41, 5.74) is 1.32. The Bertz CT molecular complexity index is 321. The van der Waals surface area contributed by atoms with E-state index in [1.165, 1.54) is 42.9 Å². The van der Waals surface area contributed by atoms with Crippen LogP contribution in [0.15, 0.2) is 5.38 Å². The summed E-state index contributed by atoms with van der Waals surface area (Å²) in [4.78, 5) is 4.59. The van der Waals surface area contributed by atoms with Crippen LogP contribution in [0.5, 0.6) is 0 Å². The van der Waals surface area contributed by atoms with Crippen LogP contribution < -0.4 is 5.32 Å². The van der Waals surface area contributed by atoms with Crippen LogP contribution in [0.4, 0.5) is 0 Å². The minimum absolute atomic E-state index is 0.862. The zero-order chi connectivity index (χ0) is 11.4. The Morgan fingerprint density at radius 1 is 1.44 bits per heavy atom. The molecule has 2 rings (SSSR count). The number of nitrogens with one attached hydrogen (secondary N) is 1. The fourth-order valence-corrected chi connectivity index (χ4v) is 3.38. The zero-order valence-corrected chi connectivity index (χ0v) is 11.1. The molecule has 2 atom stereocenters. The van der Waals surface area contributed by atoms with Crippen molar-refractivity contribution in [2.24, 2.45) is 11.8 Å². The Balaban J connectivity index is 1.88. The van der Waals surface area contributed by atoms with Crippen molar-refractivity contribution in [1.29, 1.82) is 0 Å². The lowest BCUT2D eigenvalue weighted by atomic mass is 9.92. The van der Waals surface area contributed by atoms with Crippen LogP contribution >= 0.6 is 11.3 Å². The zero-order valence-electron chi connectivity index (χ0n) is 10.3. The van der Waals surface area contributed by atoms with Crippen molar-refractivity contribution in [3.63, 3.8) is 0 Å². The highest BCUT2D eigenvalue weighted by molar-refractivity contribution is 7.09. The molecule has 1 aromatic rings. The number of aryl methyl sites for hydroxylation is 1. The van der Waals surface area contributed by atoms with E-state index in [-0.39, 0.29) is 0 Å². The van der Waals surface area contributed by atoms with Gasteiger partial charge in [-0.15, -0.1) is 11.3 Å². The largest absolute Gasteiger partial charge is 0.317 e. The molecule has 0 bridgehead atoms. The van der Waals surface area contributed by atoms with Gasteiger partial charge in [-0.2, -0.15) is 0 Å². The molecule has 1 aliphatic carbocycles. The molecular weight excluding hydrogens is 216 g/mol. The van der Waals surface area contributed by atoms with Gasteiger partial charge < -0.3 is 5.32 Å². The monoisotopic (exact) mass is 238 g/mol. The van der Waals surface area contributed by atoms with E-state index in [1.807, 2.05) is 0 Å². The SMILES string of the molecule is CCNCC1CCCC1Cc1csc(C)n1. The van der Waals surface area contributed by atoms with Crippen LogP contribution in [0, 0.1) is 18.8 Å². The fourth-order valence-electron chi connectivity index (χ4n) is 2.75. The van der Waals surface area contributed by atoms with E-state index in [2.05, 4.69) is 29.5 Å². The van der Waals surface area contributed by atoms with Crippen LogP contribution in [0.2, 0.25) is 0 Å². The molecule has 0 aromatic carbocycles. The second-order valence-corrected chi connectivity index (χ2v) is 5.88. The third-order valence-electron chi connectivity index (χ3n) is 3.61. The van der Waals surface area contributed by atoms with Gasteiger partial charge in [-0.3, -0.25) is 0 Å². The summed E-state index contributed by atoms with van der Waals surface area (Å²) in [7, 11) is 0. The van der Waals surface area contributed by atoms with Crippen molar-refractivity contribution in [2.75, 3.05) is 13.1 Å². The van der Waals surface area contributed by atoms with Crippen molar-refractivity contribution in [1.82, 2.24) is 10.3 Å². The third kappa shape index (κ3) is 3.05. The Morgan fingerprint density at radius 2 is 2.25 bits per heavy atom. The molecule has 0 spiro atoms. The van der Waals surface area contributed by atoms with Crippen LogP contribution in [-0.2, 0) is 6.42 Å². The molecule has 1 fully saturated rings. The summed E-state index contributed by atoms with van der Waals surface area (Å²) in [6.07, 6.45) is 5.40. The predicted molar refractivity (Wildman–Crippen MR) is 69.9 cm³/mol. The molecule has 1 aromatic heterocycles. The van der Waals surface area contributed by atoms with E-state index >= 15 is 0 Å². The summed E-state index contributed by atoms with van der Waals surface area (Å²) < 4.78 is 0. The molecule has 0 saturated heterocycles. The first-order chi connectivity index (χ1) is 7.79. The number of hydrogen-bond acceptors (Lipinski definition) is 3. The lowest BCUT2D eigenvalue weighted by Crippen LogP contribution is -2.26. The molecule has 0 aliphatic heterocycles. The summed E-state index contributed by atoms with van der Waals surface area (Å²) in [5, 5.41) is 6.93. The lowest BCUT2D eigenvalue weighted by Gasteiger charge is -2.18. The lowest BCUT2D eigenvalue weighted by molar-refractivity contribution is 0.366. The molecule has 0 amide bonds. The van der Waals surface area contributed by atoms with Gasteiger partial charge in [0.15, 0.2) is 0 Å². The maximum Gasteiger partial charge on any atom is 0.0897 e. The van der Waals surface area contributed by atoms with Crippen LogP contribution in [0.25, 0.3) is 0 Å².